The molecular formula is C26H22N2O3. The summed E-state index contributed by atoms with van der Waals surface area (Å²) in [5.41, 5.74) is 2.66. The fourth-order valence-corrected chi connectivity index (χ4v) is 3.86. The van der Waals surface area contributed by atoms with Crippen molar-refractivity contribution in [3.63, 3.8) is 0 Å². The molecule has 0 bridgehead atoms. The lowest BCUT2D eigenvalue weighted by atomic mass is 10.1. The van der Waals surface area contributed by atoms with E-state index in [0.717, 1.165) is 34.3 Å². The first kappa shape index (κ1) is 19.1. The Labute approximate surface area is 180 Å². The molecule has 0 N–H and O–H groups in total. The average molecular weight is 410 g/mol. The summed E-state index contributed by atoms with van der Waals surface area (Å²) in [6.07, 6.45) is 2.47. The lowest BCUT2D eigenvalue weighted by Gasteiger charge is -2.23. The van der Waals surface area contributed by atoms with Gasteiger partial charge in [-0.15, -0.1) is 0 Å². The molecule has 5 heteroatoms. The molecule has 0 atom stereocenters. The van der Waals surface area contributed by atoms with E-state index in [1.165, 1.54) is 5.56 Å². The van der Waals surface area contributed by atoms with Crippen LogP contribution in [-0.2, 0) is 13.0 Å². The Balaban J connectivity index is 1.45. The number of pyridine rings is 1. The summed E-state index contributed by atoms with van der Waals surface area (Å²) in [4.78, 5) is 19.9. The highest BCUT2D eigenvalue weighted by Crippen LogP contribution is 2.33. The first-order valence-corrected chi connectivity index (χ1v) is 10.3. The van der Waals surface area contributed by atoms with E-state index in [1.54, 1.807) is 6.20 Å². The van der Waals surface area contributed by atoms with Gasteiger partial charge in [-0.1, -0.05) is 60.7 Å². The van der Waals surface area contributed by atoms with E-state index in [0.29, 0.717) is 18.8 Å². The van der Waals surface area contributed by atoms with Crippen LogP contribution in [0.15, 0.2) is 85.1 Å². The van der Waals surface area contributed by atoms with Gasteiger partial charge in [-0.05, 0) is 41.1 Å². The van der Waals surface area contributed by atoms with Crippen LogP contribution in [-0.4, -0.2) is 29.1 Å². The highest BCUT2D eigenvalue weighted by atomic mass is 16.7. The van der Waals surface area contributed by atoms with Crippen molar-refractivity contribution in [2.24, 2.45) is 0 Å². The molecule has 2 heterocycles. The molecule has 0 radical (unpaired) electrons. The molecule has 1 aliphatic heterocycles. The molecule has 3 aromatic carbocycles. The van der Waals surface area contributed by atoms with E-state index in [1.807, 2.05) is 71.6 Å². The van der Waals surface area contributed by atoms with Crippen LogP contribution in [0.2, 0.25) is 0 Å². The van der Waals surface area contributed by atoms with E-state index >= 15 is 0 Å². The van der Waals surface area contributed by atoms with E-state index in [2.05, 4.69) is 17.1 Å². The SMILES string of the molecule is O=C(c1nccc2ccccc12)N(CCc1ccccc1)Cc1ccc2c(c1)OCO2. The number of carbonyl (C=O) groups excluding carboxylic acids is 1. The van der Waals surface area contributed by atoms with Crippen molar-refractivity contribution in [2.75, 3.05) is 13.3 Å². The van der Waals surface area contributed by atoms with Gasteiger partial charge in [0.2, 0.25) is 6.79 Å². The van der Waals surface area contributed by atoms with Crippen LogP contribution in [0, 0.1) is 0 Å². The zero-order valence-corrected chi connectivity index (χ0v) is 17.0. The first-order valence-electron chi connectivity index (χ1n) is 10.3. The third-order valence-corrected chi connectivity index (χ3v) is 5.49. The maximum atomic E-state index is 13.6. The summed E-state index contributed by atoms with van der Waals surface area (Å²) >= 11 is 0. The molecule has 0 saturated heterocycles. The number of hydrogen-bond acceptors (Lipinski definition) is 4. The molecule has 0 fully saturated rings. The molecule has 1 aromatic heterocycles. The summed E-state index contributed by atoms with van der Waals surface area (Å²) < 4.78 is 10.9. The Morgan fingerprint density at radius 3 is 2.58 bits per heavy atom. The van der Waals surface area contributed by atoms with Crippen molar-refractivity contribution >= 4 is 16.7 Å². The van der Waals surface area contributed by atoms with E-state index in [9.17, 15) is 4.79 Å². The molecule has 4 aromatic rings. The van der Waals surface area contributed by atoms with Crippen molar-refractivity contribution in [2.45, 2.75) is 13.0 Å². The van der Waals surface area contributed by atoms with Crippen LogP contribution in [0.5, 0.6) is 11.5 Å². The smallest absolute Gasteiger partial charge is 0.273 e. The monoisotopic (exact) mass is 410 g/mol. The van der Waals surface area contributed by atoms with Crippen LogP contribution in [0.4, 0.5) is 0 Å². The second-order valence-corrected chi connectivity index (χ2v) is 7.53. The van der Waals surface area contributed by atoms with Crippen LogP contribution < -0.4 is 9.47 Å². The minimum absolute atomic E-state index is 0.0783. The third-order valence-electron chi connectivity index (χ3n) is 5.49. The normalized spacial score (nSPS) is 12.1. The molecule has 0 aliphatic carbocycles. The molecule has 5 rings (SSSR count). The van der Waals surface area contributed by atoms with Crippen molar-refractivity contribution < 1.29 is 14.3 Å². The molecule has 1 amide bonds. The van der Waals surface area contributed by atoms with Gasteiger partial charge < -0.3 is 14.4 Å². The molecule has 5 nitrogen and oxygen atoms in total. The molecule has 0 saturated carbocycles. The molecule has 31 heavy (non-hydrogen) atoms. The van der Waals surface area contributed by atoms with Gasteiger partial charge in [-0.3, -0.25) is 9.78 Å². The summed E-state index contributed by atoms with van der Waals surface area (Å²) in [7, 11) is 0. The van der Waals surface area contributed by atoms with Gasteiger partial charge in [-0.25, -0.2) is 0 Å². The van der Waals surface area contributed by atoms with Gasteiger partial charge in [0.05, 0.1) is 0 Å². The van der Waals surface area contributed by atoms with Crippen molar-refractivity contribution in [1.29, 1.82) is 0 Å². The Hall–Kier alpha value is -3.86. The Bertz CT molecular complexity index is 1220. The van der Waals surface area contributed by atoms with Crippen LogP contribution >= 0.6 is 0 Å². The number of nitrogens with zero attached hydrogens (tertiary/aromatic N) is 2. The van der Waals surface area contributed by atoms with Gasteiger partial charge in [-0.2, -0.15) is 0 Å². The van der Waals surface area contributed by atoms with Crippen molar-refractivity contribution in [3.05, 3.63) is 102 Å². The number of fused-ring (bicyclic) bond motifs is 2. The van der Waals surface area contributed by atoms with E-state index in [4.69, 9.17) is 9.47 Å². The number of rotatable bonds is 6. The van der Waals surface area contributed by atoms with Crippen molar-refractivity contribution in [1.82, 2.24) is 9.88 Å². The summed E-state index contributed by atoms with van der Waals surface area (Å²) in [5.74, 6) is 1.38. The fourth-order valence-electron chi connectivity index (χ4n) is 3.86. The number of amides is 1. The third kappa shape index (κ3) is 4.08. The highest BCUT2D eigenvalue weighted by molar-refractivity contribution is 6.05. The van der Waals surface area contributed by atoms with Gasteiger partial charge in [0.25, 0.3) is 5.91 Å². The van der Waals surface area contributed by atoms with E-state index < -0.39 is 0 Å². The predicted molar refractivity (Wildman–Crippen MR) is 119 cm³/mol. The molecule has 1 aliphatic rings. The van der Waals surface area contributed by atoms with Gasteiger partial charge >= 0.3 is 0 Å². The van der Waals surface area contributed by atoms with Gasteiger partial charge in [0.1, 0.15) is 5.69 Å². The largest absolute Gasteiger partial charge is 0.454 e. The van der Waals surface area contributed by atoms with Crippen LogP contribution in [0.3, 0.4) is 0 Å². The Kier molecular flexibility index (Phi) is 5.23. The number of benzene rings is 3. The first-order chi connectivity index (χ1) is 15.3. The fraction of sp³-hybridized carbons (Fsp3) is 0.154. The maximum absolute atomic E-state index is 13.6. The number of ether oxygens (including phenoxy) is 2. The standard InChI is InChI=1S/C26H22N2O3/c29-26(25-22-9-5-4-8-21(22)12-14-27-25)28(15-13-19-6-2-1-3-7-19)17-20-10-11-23-24(16-20)31-18-30-23/h1-12,14,16H,13,15,17-18H2. The number of hydrogen-bond donors (Lipinski definition) is 0. The molecule has 154 valence electrons. The van der Waals surface area contributed by atoms with Crippen LogP contribution in [0.25, 0.3) is 10.8 Å². The summed E-state index contributed by atoms with van der Waals surface area (Å²) in [6.45, 7) is 1.28. The van der Waals surface area contributed by atoms with Crippen molar-refractivity contribution in [3.8, 4) is 11.5 Å². The minimum atomic E-state index is -0.0783. The molecular weight excluding hydrogens is 388 g/mol. The van der Waals surface area contributed by atoms with Gasteiger partial charge in [0, 0.05) is 24.7 Å². The lowest BCUT2D eigenvalue weighted by Crippen LogP contribution is -2.33. The Morgan fingerprint density at radius 1 is 0.871 bits per heavy atom. The van der Waals surface area contributed by atoms with Crippen LogP contribution in [0.1, 0.15) is 21.6 Å². The summed E-state index contributed by atoms with van der Waals surface area (Å²) in [5, 5.41) is 1.87. The second-order valence-electron chi connectivity index (χ2n) is 7.53. The highest BCUT2D eigenvalue weighted by Gasteiger charge is 2.21. The Morgan fingerprint density at radius 2 is 1.68 bits per heavy atom. The topological polar surface area (TPSA) is 51.7 Å². The zero-order valence-electron chi connectivity index (χ0n) is 17.0. The average Bonchev–Trinajstić information content (AvgIpc) is 3.29. The quantitative estimate of drug-likeness (QED) is 0.456. The predicted octanol–water partition coefficient (Wildman–Crippen LogP) is 4.85. The number of carbonyl (C=O) groups is 1. The van der Waals surface area contributed by atoms with E-state index in [-0.39, 0.29) is 12.7 Å². The van der Waals surface area contributed by atoms with Gasteiger partial charge in [0.15, 0.2) is 11.5 Å². The lowest BCUT2D eigenvalue weighted by molar-refractivity contribution is 0.0741. The summed E-state index contributed by atoms with van der Waals surface area (Å²) in [6, 6.07) is 25.8. The zero-order chi connectivity index (χ0) is 21.0. The maximum Gasteiger partial charge on any atom is 0.273 e. The minimum Gasteiger partial charge on any atom is -0.454 e. The number of aromatic nitrogens is 1. The molecule has 0 spiro atoms. The second kappa shape index (κ2) is 8.48. The molecule has 0 unspecified atom stereocenters.